The van der Waals surface area contributed by atoms with E-state index >= 15 is 0 Å². The van der Waals surface area contributed by atoms with Crippen LogP contribution >= 0.6 is 11.3 Å². The van der Waals surface area contributed by atoms with Gasteiger partial charge in [0.05, 0.1) is 6.04 Å². The molecule has 1 unspecified atom stereocenters. The van der Waals surface area contributed by atoms with E-state index in [1.165, 1.54) is 0 Å². The fraction of sp³-hybridized carbons (Fsp3) is 0.154. The fourth-order valence-corrected chi connectivity index (χ4v) is 2.45. The first-order valence-electron chi connectivity index (χ1n) is 5.55. The van der Waals surface area contributed by atoms with Crippen LogP contribution in [0.4, 0.5) is 11.4 Å². The maximum absolute atomic E-state index is 12.0. The quantitative estimate of drug-likeness (QED) is 0.742. The highest BCUT2D eigenvalue weighted by molar-refractivity contribution is 7.07. The monoisotopic (exact) mass is 261 g/mol. The fourth-order valence-electron chi connectivity index (χ4n) is 1.69. The van der Waals surface area contributed by atoms with Crippen LogP contribution in [-0.2, 0) is 0 Å². The summed E-state index contributed by atoms with van der Waals surface area (Å²) >= 11 is 1.60. The van der Waals surface area contributed by atoms with Crippen molar-refractivity contribution >= 4 is 28.6 Å². The van der Waals surface area contributed by atoms with Crippen LogP contribution < -0.4 is 16.8 Å². The first-order valence-corrected chi connectivity index (χ1v) is 6.49. The van der Waals surface area contributed by atoms with Gasteiger partial charge in [-0.15, -0.1) is 0 Å². The minimum Gasteiger partial charge on any atom is -0.399 e. The summed E-state index contributed by atoms with van der Waals surface area (Å²) in [6, 6.07) is 6.81. The molecule has 94 valence electrons. The van der Waals surface area contributed by atoms with Crippen LogP contribution in [0.25, 0.3) is 0 Å². The maximum Gasteiger partial charge on any atom is 0.251 e. The normalized spacial score (nSPS) is 12.1. The van der Waals surface area contributed by atoms with Gasteiger partial charge in [-0.25, -0.2) is 0 Å². The Labute approximate surface area is 110 Å². The van der Waals surface area contributed by atoms with Gasteiger partial charge in [-0.05, 0) is 47.5 Å². The topological polar surface area (TPSA) is 81.1 Å². The summed E-state index contributed by atoms with van der Waals surface area (Å²) in [6.45, 7) is 1.94. The maximum atomic E-state index is 12.0. The van der Waals surface area contributed by atoms with Crippen LogP contribution in [0.3, 0.4) is 0 Å². The number of amides is 1. The molecule has 0 aliphatic rings. The molecule has 18 heavy (non-hydrogen) atoms. The Morgan fingerprint density at radius 3 is 2.50 bits per heavy atom. The third-order valence-corrected chi connectivity index (χ3v) is 3.33. The number of nitrogen functional groups attached to an aromatic ring is 2. The molecule has 2 rings (SSSR count). The smallest absolute Gasteiger partial charge is 0.251 e. The molecule has 1 aromatic carbocycles. The van der Waals surface area contributed by atoms with Crippen molar-refractivity contribution in [1.29, 1.82) is 0 Å². The second kappa shape index (κ2) is 5.10. The molecule has 5 N–H and O–H groups in total. The zero-order chi connectivity index (χ0) is 13.1. The summed E-state index contributed by atoms with van der Waals surface area (Å²) in [5, 5.41) is 6.90. The highest BCUT2D eigenvalue weighted by atomic mass is 32.1. The zero-order valence-corrected chi connectivity index (χ0v) is 10.8. The molecule has 0 bridgehead atoms. The number of rotatable bonds is 3. The van der Waals surface area contributed by atoms with Crippen molar-refractivity contribution in [2.45, 2.75) is 13.0 Å². The van der Waals surface area contributed by atoms with Crippen LogP contribution in [0.5, 0.6) is 0 Å². The Kier molecular flexibility index (Phi) is 3.53. The second-order valence-electron chi connectivity index (χ2n) is 4.14. The van der Waals surface area contributed by atoms with E-state index in [1.54, 1.807) is 29.5 Å². The predicted octanol–water partition coefficient (Wildman–Crippen LogP) is 2.40. The van der Waals surface area contributed by atoms with Gasteiger partial charge in [-0.1, -0.05) is 0 Å². The lowest BCUT2D eigenvalue weighted by atomic mass is 10.1. The summed E-state index contributed by atoms with van der Waals surface area (Å²) in [4.78, 5) is 12.0. The molecule has 2 aromatic rings. The third kappa shape index (κ3) is 2.81. The van der Waals surface area contributed by atoms with E-state index in [9.17, 15) is 4.79 Å². The van der Waals surface area contributed by atoms with E-state index in [0.717, 1.165) is 5.56 Å². The average Bonchev–Trinajstić information content (AvgIpc) is 2.80. The van der Waals surface area contributed by atoms with Crippen LogP contribution in [-0.4, -0.2) is 5.91 Å². The SMILES string of the molecule is CC(NC(=O)c1cc(N)cc(N)c1)c1ccsc1. The van der Waals surface area contributed by atoms with E-state index in [0.29, 0.717) is 16.9 Å². The number of carbonyl (C=O) groups excluding carboxylic acids is 1. The van der Waals surface area contributed by atoms with Crippen molar-refractivity contribution in [2.75, 3.05) is 11.5 Å². The summed E-state index contributed by atoms with van der Waals surface area (Å²) < 4.78 is 0. The number of thiophene rings is 1. The van der Waals surface area contributed by atoms with Crippen LogP contribution in [0, 0.1) is 0 Å². The average molecular weight is 261 g/mol. The standard InChI is InChI=1S/C13H15N3OS/c1-8(9-2-3-18-7-9)16-13(17)10-4-11(14)6-12(15)5-10/h2-8H,14-15H2,1H3,(H,16,17). The lowest BCUT2D eigenvalue weighted by molar-refractivity contribution is 0.0940. The molecule has 0 radical (unpaired) electrons. The van der Waals surface area contributed by atoms with Gasteiger partial charge >= 0.3 is 0 Å². The van der Waals surface area contributed by atoms with Crippen LogP contribution in [0.1, 0.15) is 28.9 Å². The van der Waals surface area contributed by atoms with Crippen molar-refractivity contribution in [3.63, 3.8) is 0 Å². The van der Waals surface area contributed by atoms with Crippen molar-refractivity contribution < 1.29 is 4.79 Å². The van der Waals surface area contributed by atoms with E-state index in [1.807, 2.05) is 23.8 Å². The molecule has 0 aliphatic carbocycles. The van der Waals surface area contributed by atoms with E-state index in [4.69, 9.17) is 11.5 Å². The molecule has 1 atom stereocenters. The van der Waals surface area contributed by atoms with E-state index < -0.39 is 0 Å². The molecule has 5 heteroatoms. The Morgan fingerprint density at radius 1 is 1.28 bits per heavy atom. The lowest BCUT2D eigenvalue weighted by Gasteiger charge is -2.13. The molecule has 0 saturated carbocycles. The van der Waals surface area contributed by atoms with Gasteiger partial charge in [0.2, 0.25) is 0 Å². The number of nitrogens with one attached hydrogen (secondary N) is 1. The van der Waals surface area contributed by atoms with Gasteiger partial charge in [0, 0.05) is 16.9 Å². The minimum atomic E-state index is -0.173. The molecule has 4 nitrogen and oxygen atoms in total. The van der Waals surface area contributed by atoms with Crippen molar-refractivity contribution in [3.05, 3.63) is 46.2 Å². The molecular formula is C13H15N3OS. The molecular weight excluding hydrogens is 246 g/mol. The first kappa shape index (κ1) is 12.4. The Morgan fingerprint density at radius 2 is 1.94 bits per heavy atom. The van der Waals surface area contributed by atoms with E-state index in [-0.39, 0.29) is 11.9 Å². The zero-order valence-electron chi connectivity index (χ0n) is 10.0. The summed E-state index contributed by atoms with van der Waals surface area (Å²) in [5.74, 6) is -0.173. The van der Waals surface area contributed by atoms with Crippen molar-refractivity contribution in [2.24, 2.45) is 0 Å². The van der Waals surface area contributed by atoms with E-state index in [2.05, 4.69) is 5.32 Å². The predicted molar refractivity (Wildman–Crippen MR) is 75.5 cm³/mol. The summed E-state index contributed by atoms with van der Waals surface area (Å²) in [6.07, 6.45) is 0. The molecule has 1 aromatic heterocycles. The third-order valence-electron chi connectivity index (χ3n) is 2.63. The second-order valence-corrected chi connectivity index (χ2v) is 4.92. The Bertz CT molecular complexity index is 531. The summed E-state index contributed by atoms with van der Waals surface area (Å²) in [7, 11) is 0. The van der Waals surface area contributed by atoms with Crippen LogP contribution in [0.2, 0.25) is 0 Å². The Hall–Kier alpha value is -2.01. The number of carbonyl (C=O) groups is 1. The number of benzene rings is 1. The first-order chi connectivity index (χ1) is 8.56. The summed E-state index contributed by atoms with van der Waals surface area (Å²) in [5.41, 5.74) is 13.9. The Balaban J connectivity index is 2.12. The largest absolute Gasteiger partial charge is 0.399 e. The van der Waals surface area contributed by atoms with Crippen molar-refractivity contribution in [1.82, 2.24) is 5.32 Å². The lowest BCUT2D eigenvalue weighted by Crippen LogP contribution is -2.26. The van der Waals surface area contributed by atoms with Gasteiger partial charge in [-0.3, -0.25) is 4.79 Å². The molecule has 1 heterocycles. The number of hydrogen-bond donors (Lipinski definition) is 3. The number of nitrogens with two attached hydrogens (primary N) is 2. The van der Waals surface area contributed by atoms with Crippen molar-refractivity contribution in [3.8, 4) is 0 Å². The number of anilines is 2. The highest BCUT2D eigenvalue weighted by Crippen LogP contribution is 2.18. The van der Waals surface area contributed by atoms with Gasteiger partial charge < -0.3 is 16.8 Å². The van der Waals surface area contributed by atoms with Gasteiger partial charge in [0.15, 0.2) is 0 Å². The molecule has 1 amide bonds. The van der Waals surface area contributed by atoms with Gasteiger partial charge in [-0.2, -0.15) is 11.3 Å². The molecule has 0 spiro atoms. The molecule has 0 fully saturated rings. The minimum absolute atomic E-state index is 0.0357. The van der Waals surface area contributed by atoms with Gasteiger partial charge in [0.1, 0.15) is 0 Å². The molecule has 0 aliphatic heterocycles. The molecule has 0 saturated heterocycles. The van der Waals surface area contributed by atoms with Gasteiger partial charge in [0.25, 0.3) is 5.91 Å². The number of hydrogen-bond acceptors (Lipinski definition) is 4. The highest BCUT2D eigenvalue weighted by Gasteiger charge is 2.12. The van der Waals surface area contributed by atoms with Crippen LogP contribution in [0.15, 0.2) is 35.0 Å².